The molecule has 2 saturated heterocycles. The molecule has 0 spiro atoms. The fourth-order valence-corrected chi connectivity index (χ4v) is 3.99. The molecule has 0 aliphatic carbocycles. The Morgan fingerprint density at radius 2 is 2.15 bits per heavy atom. The van der Waals surface area contributed by atoms with Crippen LogP contribution in [0.15, 0.2) is 0 Å². The van der Waals surface area contributed by atoms with Crippen molar-refractivity contribution >= 4 is 9.84 Å². The minimum Gasteiger partial charge on any atom is -0.361 e. The van der Waals surface area contributed by atoms with Crippen LogP contribution < -0.4 is 5.32 Å². The molecule has 13 heavy (non-hydrogen) atoms. The highest BCUT2D eigenvalue weighted by Crippen LogP contribution is 2.23. The van der Waals surface area contributed by atoms with Crippen molar-refractivity contribution < 1.29 is 13.2 Å². The van der Waals surface area contributed by atoms with Gasteiger partial charge in [-0.05, 0) is 12.8 Å². The van der Waals surface area contributed by atoms with Crippen LogP contribution in [0.5, 0.6) is 0 Å². The van der Waals surface area contributed by atoms with E-state index in [1.807, 2.05) is 0 Å². The third-order valence-corrected chi connectivity index (χ3v) is 4.97. The molecule has 5 heteroatoms. The predicted octanol–water partition coefficient (Wildman–Crippen LogP) is -0.100. The van der Waals surface area contributed by atoms with Gasteiger partial charge < -0.3 is 4.74 Å². The van der Waals surface area contributed by atoms with Crippen LogP contribution in [0.3, 0.4) is 0 Å². The molecule has 2 rings (SSSR count). The van der Waals surface area contributed by atoms with Crippen molar-refractivity contribution in [2.24, 2.45) is 0 Å². The van der Waals surface area contributed by atoms with E-state index in [0.29, 0.717) is 12.4 Å². The average molecular weight is 205 g/mol. The van der Waals surface area contributed by atoms with Gasteiger partial charge in [0.15, 0.2) is 9.84 Å². The summed E-state index contributed by atoms with van der Waals surface area (Å²) in [4.78, 5) is 0. The second-order valence-corrected chi connectivity index (χ2v) is 5.99. The van der Waals surface area contributed by atoms with Crippen molar-refractivity contribution in [1.29, 1.82) is 0 Å². The molecule has 0 aromatic carbocycles. The van der Waals surface area contributed by atoms with Gasteiger partial charge >= 0.3 is 0 Å². The fraction of sp³-hybridized carbons (Fsp3) is 1.00. The highest BCUT2D eigenvalue weighted by atomic mass is 32.2. The molecular formula is C8H15NO3S. The summed E-state index contributed by atoms with van der Waals surface area (Å²) in [6.07, 6.45) is 2.32. The number of hydrogen-bond donors (Lipinski definition) is 1. The van der Waals surface area contributed by atoms with E-state index in [9.17, 15) is 8.42 Å². The molecule has 2 fully saturated rings. The van der Waals surface area contributed by atoms with E-state index in [2.05, 4.69) is 5.32 Å². The molecule has 0 aromatic rings. The highest BCUT2D eigenvalue weighted by molar-refractivity contribution is 7.92. The maximum Gasteiger partial charge on any atom is 0.157 e. The first-order valence-corrected chi connectivity index (χ1v) is 6.48. The maximum absolute atomic E-state index is 11.6. The van der Waals surface area contributed by atoms with Gasteiger partial charge in [-0.25, -0.2) is 8.42 Å². The smallest absolute Gasteiger partial charge is 0.157 e. The predicted molar refractivity (Wildman–Crippen MR) is 49.2 cm³/mol. The molecule has 0 radical (unpaired) electrons. The summed E-state index contributed by atoms with van der Waals surface area (Å²) in [7, 11) is -2.89. The number of rotatable bonds is 1. The van der Waals surface area contributed by atoms with Crippen LogP contribution in [0.2, 0.25) is 0 Å². The van der Waals surface area contributed by atoms with Crippen molar-refractivity contribution in [3.63, 3.8) is 0 Å². The lowest BCUT2D eigenvalue weighted by Gasteiger charge is -2.26. The Balaban J connectivity index is 2.11. The van der Waals surface area contributed by atoms with Crippen LogP contribution in [0.4, 0.5) is 0 Å². The second kappa shape index (κ2) is 3.55. The summed E-state index contributed by atoms with van der Waals surface area (Å²) in [6, 6.07) is 0. The van der Waals surface area contributed by atoms with Crippen LogP contribution in [0.1, 0.15) is 19.3 Å². The van der Waals surface area contributed by atoms with E-state index in [4.69, 9.17) is 4.74 Å². The summed E-state index contributed by atoms with van der Waals surface area (Å²) in [6.45, 7) is 1.41. The van der Waals surface area contributed by atoms with Crippen molar-refractivity contribution in [2.75, 3.05) is 18.9 Å². The lowest BCUT2D eigenvalue weighted by atomic mass is 10.2. The number of sulfone groups is 1. The van der Waals surface area contributed by atoms with Gasteiger partial charge in [0.05, 0.1) is 12.4 Å². The molecule has 1 N–H and O–H groups in total. The molecule has 2 aliphatic heterocycles. The Hall–Kier alpha value is -0.130. The fourth-order valence-electron chi connectivity index (χ4n) is 2.00. The Labute approximate surface area is 78.6 Å². The Bertz CT molecular complexity index is 269. The zero-order valence-electron chi connectivity index (χ0n) is 7.53. The first-order valence-electron chi connectivity index (χ1n) is 4.77. The van der Waals surface area contributed by atoms with Gasteiger partial charge in [-0.1, -0.05) is 6.42 Å². The maximum atomic E-state index is 11.6. The van der Waals surface area contributed by atoms with Crippen LogP contribution in [-0.2, 0) is 14.6 Å². The zero-order valence-corrected chi connectivity index (χ0v) is 8.35. The molecule has 2 atom stereocenters. The highest BCUT2D eigenvalue weighted by Gasteiger charge is 2.37. The molecule has 0 amide bonds. The zero-order chi connectivity index (χ0) is 9.31. The molecule has 2 unspecified atom stereocenters. The first-order chi connectivity index (χ1) is 6.20. The summed E-state index contributed by atoms with van der Waals surface area (Å²) < 4.78 is 28.6. The van der Waals surface area contributed by atoms with Gasteiger partial charge in [0.25, 0.3) is 0 Å². The second-order valence-electron chi connectivity index (χ2n) is 3.65. The van der Waals surface area contributed by atoms with E-state index in [1.54, 1.807) is 0 Å². The lowest BCUT2D eigenvalue weighted by Crippen LogP contribution is -2.44. The summed E-state index contributed by atoms with van der Waals surface area (Å²) in [5.41, 5.74) is 0. The topological polar surface area (TPSA) is 55.4 Å². The summed E-state index contributed by atoms with van der Waals surface area (Å²) in [5.74, 6) is 0.333. The molecule has 4 nitrogen and oxygen atoms in total. The summed E-state index contributed by atoms with van der Waals surface area (Å²) >= 11 is 0. The van der Waals surface area contributed by atoms with E-state index >= 15 is 0 Å². The first kappa shape index (κ1) is 9.43. The summed E-state index contributed by atoms with van der Waals surface area (Å²) in [5, 5.41) is 2.78. The van der Waals surface area contributed by atoms with Gasteiger partial charge in [-0.3, -0.25) is 5.32 Å². The number of ether oxygens (including phenoxy) is 1. The van der Waals surface area contributed by atoms with Crippen LogP contribution in [0, 0.1) is 0 Å². The van der Waals surface area contributed by atoms with Crippen molar-refractivity contribution in [1.82, 2.24) is 5.32 Å². The van der Waals surface area contributed by atoms with Crippen molar-refractivity contribution in [3.8, 4) is 0 Å². The largest absolute Gasteiger partial charge is 0.361 e. The Morgan fingerprint density at radius 3 is 2.77 bits per heavy atom. The lowest BCUT2D eigenvalue weighted by molar-refractivity contribution is 0.0934. The van der Waals surface area contributed by atoms with E-state index in [-0.39, 0.29) is 11.5 Å². The Kier molecular flexibility index (Phi) is 2.58. The van der Waals surface area contributed by atoms with Gasteiger partial charge in [0, 0.05) is 6.54 Å². The third-order valence-electron chi connectivity index (χ3n) is 2.71. The molecule has 0 saturated carbocycles. The minimum absolute atomic E-state index is 0.245. The molecule has 0 aromatic heterocycles. The third kappa shape index (κ3) is 1.87. The number of nitrogens with one attached hydrogen (secondary N) is 1. The molecule has 2 aliphatic rings. The van der Waals surface area contributed by atoms with Crippen molar-refractivity contribution in [3.05, 3.63) is 0 Å². The van der Waals surface area contributed by atoms with Gasteiger partial charge in [-0.15, -0.1) is 0 Å². The molecule has 0 bridgehead atoms. The molecular weight excluding hydrogens is 190 g/mol. The SMILES string of the molecule is O=S1(=O)CCCCC1C1NCCO1. The average Bonchev–Trinajstić information content (AvgIpc) is 2.55. The van der Waals surface area contributed by atoms with Crippen molar-refractivity contribution in [2.45, 2.75) is 30.7 Å². The van der Waals surface area contributed by atoms with Crippen LogP contribution in [0.25, 0.3) is 0 Å². The van der Waals surface area contributed by atoms with Crippen LogP contribution >= 0.6 is 0 Å². The monoisotopic (exact) mass is 205 g/mol. The van der Waals surface area contributed by atoms with Gasteiger partial charge in [-0.2, -0.15) is 0 Å². The van der Waals surface area contributed by atoms with E-state index in [0.717, 1.165) is 25.8 Å². The standard InChI is InChI=1S/C8H15NO3S/c10-13(11)6-2-1-3-7(13)8-9-4-5-12-8/h7-9H,1-6H2. The van der Waals surface area contributed by atoms with Gasteiger partial charge in [0.1, 0.15) is 11.5 Å². The normalized spacial score (nSPS) is 39.1. The van der Waals surface area contributed by atoms with E-state index < -0.39 is 9.84 Å². The van der Waals surface area contributed by atoms with Crippen LogP contribution in [-0.4, -0.2) is 38.8 Å². The molecule has 2 heterocycles. The number of hydrogen-bond acceptors (Lipinski definition) is 4. The minimum atomic E-state index is -2.89. The Morgan fingerprint density at radius 1 is 1.31 bits per heavy atom. The van der Waals surface area contributed by atoms with Gasteiger partial charge in [0.2, 0.25) is 0 Å². The quantitative estimate of drug-likeness (QED) is 0.649. The molecule has 76 valence electrons. The van der Waals surface area contributed by atoms with E-state index in [1.165, 1.54) is 0 Å².